The van der Waals surface area contributed by atoms with Crippen molar-refractivity contribution in [3.05, 3.63) is 70.6 Å². The Morgan fingerprint density at radius 3 is 1.73 bits per heavy atom. The van der Waals surface area contributed by atoms with Crippen LogP contribution in [-0.2, 0) is 49.5 Å². The van der Waals surface area contributed by atoms with Crippen molar-refractivity contribution in [1.82, 2.24) is 40.4 Å². The van der Waals surface area contributed by atoms with Crippen LogP contribution in [0.15, 0.2) is 36.7 Å². The second-order valence-corrected chi connectivity index (χ2v) is 22.9. The van der Waals surface area contributed by atoms with Crippen LogP contribution >= 0.6 is 0 Å². The number of piperidine rings is 1. The van der Waals surface area contributed by atoms with Gasteiger partial charge < -0.3 is 44.6 Å². The molecule has 7 aliphatic rings. The standard InChI is InChI=1S/C56H72N8O7/c1-31(2)46(61-53(67)69-5)51(65)63-21-9-10-45(63)49-57-29-43(59-49)37-15-13-35(39-25-55(27-41(37)39)17-7-8-18-55)36-14-16-38(42-28-56(26-40(36)42)19-22-71-23-20-56)44-30-58-50(60-44)48-33-11-12-34(24-33)64(48)52(66)47(32(3)4)62-54(68)70-6/h13-16,29-34,45-48H,7-12,17-28H2,1-6H3,(H,57,59)(H,58,60)(H,61,67)(H,62,68)/t33?,34?,45-,46+,47-,48+/m1/s1. The van der Waals surface area contributed by atoms with Crippen LogP contribution < -0.4 is 10.6 Å². The molecule has 5 fully saturated rings. The molecule has 2 aromatic carbocycles. The molecule has 15 heteroatoms. The molecular formula is C56H72N8O7. The zero-order chi connectivity index (χ0) is 49.3. The summed E-state index contributed by atoms with van der Waals surface area (Å²) in [6, 6.07) is 7.72. The Labute approximate surface area is 417 Å². The number of carbonyl (C=O) groups excluding carboxylic acids is 4. The fraction of sp³-hybridized carbons (Fsp3) is 0.607. The summed E-state index contributed by atoms with van der Waals surface area (Å²) in [6.07, 6.45) is 18.5. The number of hydrogen-bond donors (Lipinski definition) is 4. The van der Waals surface area contributed by atoms with Gasteiger partial charge in [0, 0.05) is 36.9 Å². The lowest BCUT2D eigenvalue weighted by atomic mass is 9.77. The quantitative estimate of drug-likeness (QED) is 0.114. The van der Waals surface area contributed by atoms with E-state index >= 15 is 0 Å². The molecule has 6 atom stereocenters. The summed E-state index contributed by atoms with van der Waals surface area (Å²) in [5.41, 5.74) is 13.1. The number of ether oxygens (including phenoxy) is 3. The molecule has 2 unspecified atom stereocenters. The third-order valence-corrected chi connectivity index (χ3v) is 18.1. The Balaban J connectivity index is 0.939. The first-order valence-corrected chi connectivity index (χ1v) is 26.6. The van der Waals surface area contributed by atoms with Crippen molar-refractivity contribution in [3.63, 3.8) is 0 Å². The van der Waals surface area contributed by atoms with Crippen molar-refractivity contribution in [3.8, 4) is 33.6 Å². The lowest BCUT2D eigenvalue weighted by Gasteiger charge is -2.37. The van der Waals surface area contributed by atoms with Gasteiger partial charge in [0.1, 0.15) is 23.7 Å². The van der Waals surface area contributed by atoms with Crippen LogP contribution in [0.3, 0.4) is 0 Å². The van der Waals surface area contributed by atoms with Gasteiger partial charge >= 0.3 is 12.2 Å². The first-order chi connectivity index (χ1) is 34.3. The van der Waals surface area contributed by atoms with Crippen molar-refractivity contribution >= 4 is 24.0 Å². The van der Waals surface area contributed by atoms with E-state index in [1.165, 1.54) is 84.4 Å². The maximum atomic E-state index is 14.4. The Hall–Kier alpha value is -5.70. The molecule has 3 aliphatic heterocycles. The van der Waals surface area contributed by atoms with E-state index in [9.17, 15) is 19.2 Å². The highest BCUT2D eigenvalue weighted by molar-refractivity contribution is 5.88. The normalized spacial score (nSPS) is 24.5. The molecule has 2 bridgehead atoms. The number of nitrogens with one attached hydrogen (secondary N) is 4. The molecule has 5 heterocycles. The molecule has 2 saturated carbocycles. The lowest BCUT2D eigenvalue weighted by molar-refractivity contribution is -0.139. The predicted molar refractivity (Wildman–Crippen MR) is 268 cm³/mol. The minimum Gasteiger partial charge on any atom is -0.453 e. The first-order valence-electron chi connectivity index (χ1n) is 26.6. The minimum absolute atomic E-state index is 0.0725. The number of nitrogens with zero attached hydrogens (tertiary/aromatic N) is 4. The van der Waals surface area contributed by atoms with Crippen LogP contribution in [0.1, 0.15) is 144 Å². The topological polar surface area (TPSA) is 184 Å². The number of likely N-dealkylation sites (tertiary alicyclic amines) is 2. The van der Waals surface area contributed by atoms with E-state index in [2.05, 4.69) is 44.9 Å². The summed E-state index contributed by atoms with van der Waals surface area (Å²) in [5, 5.41) is 5.60. The van der Waals surface area contributed by atoms with Crippen LogP contribution in [-0.4, -0.2) is 106 Å². The van der Waals surface area contributed by atoms with Crippen LogP contribution in [0.2, 0.25) is 0 Å². The fourth-order valence-electron chi connectivity index (χ4n) is 14.4. The third-order valence-electron chi connectivity index (χ3n) is 18.1. The summed E-state index contributed by atoms with van der Waals surface area (Å²) in [5.74, 6) is 1.50. The number of aromatic nitrogens is 4. The molecule has 378 valence electrons. The fourth-order valence-corrected chi connectivity index (χ4v) is 14.4. The van der Waals surface area contributed by atoms with Crippen LogP contribution in [0, 0.1) is 28.6 Å². The number of benzene rings is 2. The van der Waals surface area contributed by atoms with E-state index in [-0.39, 0.29) is 52.6 Å². The largest absolute Gasteiger partial charge is 0.453 e. The number of amides is 4. The lowest BCUT2D eigenvalue weighted by Crippen LogP contribution is -2.54. The Morgan fingerprint density at radius 1 is 0.662 bits per heavy atom. The van der Waals surface area contributed by atoms with Gasteiger partial charge in [0.2, 0.25) is 11.8 Å². The average molecular weight is 969 g/mol. The number of carbonyl (C=O) groups is 4. The molecule has 11 rings (SSSR count). The molecule has 3 saturated heterocycles. The molecular weight excluding hydrogens is 897 g/mol. The van der Waals surface area contributed by atoms with Gasteiger partial charge in [0.15, 0.2) is 0 Å². The minimum atomic E-state index is -0.693. The second kappa shape index (κ2) is 18.7. The van der Waals surface area contributed by atoms with Gasteiger partial charge in [-0.15, -0.1) is 0 Å². The smallest absolute Gasteiger partial charge is 0.407 e. The van der Waals surface area contributed by atoms with Crippen molar-refractivity contribution in [2.75, 3.05) is 34.0 Å². The molecule has 71 heavy (non-hydrogen) atoms. The van der Waals surface area contributed by atoms with Gasteiger partial charge in [-0.1, -0.05) is 64.8 Å². The SMILES string of the molecule is COC(=O)N[C@H](C(=O)N1CCC[C@@H]1c1ncc(-c2ccc(-c3ccc(-c4cnc([C@@H]5C6CCC(C6)N5C(=O)[C@H](NC(=O)OC)C(C)C)[nH]4)c4c3CC3(CCOCC3)C4)c3c2CC2(CCCC2)C3)[nH]1)C(C)C. The van der Waals surface area contributed by atoms with E-state index in [0.29, 0.717) is 12.5 Å². The zero-order valence-electron chi connectivity index (χ0n) is 42.5. The highest BCUT2D eigenvalue weighted by atomic mass is 16.5. The van der Waals surface area contributed by atoms with Gasteiger partial charge in [0.25, 0.3) is 0 Å². The van der Waals surface area contributed by atoms with Crippen LogP contribution in [0.5, 0.6) is 0 Å². The summed E-state index contributed by atoms with van der Waals surface area (Å²) >= 11 is 0. The molecule has 4 N–H and O–H groups in total. The van der Waals surface area contributed by atoms with E-state index < -0.39 is 24.3 Å². The van der Waals surface area contributed by atoms with Crippen molar-refractivity contribution in [2.45, 2.75) is 154 Å². The van der Waals surface area contributed by atoms with Gasteiger partial charge in [-0.25, -0.2) is 19.6 Å². The number of methoxy groups -OCH3 is 2. The predicted octanol–water partition coefficient (Wildman–Crippen LogP) is 9.16. The molecule has 2 spiro atoms. The maximum Gasteiger partial charge on any atom is 0.407 e. The Kier molecular flexibility index (Phi) is 12.6. The third kappa shape index (κ3) is 8.41. The number of fused-ring (bicyclic) bond motifs is 4. The molecule has 4 aliphatic carbocycles. The van der Waals surface area contributed by atoms with Crippen LogP contribution in [0.25, 0.3) is 33.6 Å². The highest BCUT2D eigenvalue weighted by Crippen LogP contribution is 2.56. The molecule has 2 aromatic heterocycles. The molecule has 0 radical (unpaired) electrons. The van der Waals surface area contributed by atoms with Crippen molar-refractivity contribution in [1.29, 1.82) is 0 Å². The summed E-state index contributed by atoms with van der Waals surface area (Å²) in [4.78, 5) is 74.5. The number of hydrogen-bond acceptors (Lipinski definition) is 9. The van der Waals surface area contributed by atoms with Gasteiger partial charge in [-0.2, -0.15) is 0 Å². The summed E-state index contributed by atoms with van der Waals surface area (Å²) < 4.78 is 15.8. The van der Waals surface area contributed by atoms with E-state index in [1.807, 2.05) is 49.9 Å². The van der Waals surface area contributed by atoms with E-state index in [0.717, 1.165) is 107 Å². The molecule has 4 aromatic rings. The first kappa shape index (κ1) is 47.6. The summed E-state index contributed by atoms with van der Waals surface area (Å²) in [7, 11) is 2.65. The van der Waals surface area contributed by atoms with E-state index in [4.69, 9.17) is 24.2 Å². The number of alkyl carbamates (subject to hydrolysis) is 2. The highest BCUT2D eigenvalue weighted by Gasteiger charge is 2.52. The zero-order valence-corrected chi connectivity index (χ0v) is 42.5. The van der Waals surface area contributed by atoms with Gasteiger partial charge in [-0.3, -0.25) is 9.59 Å². The average Bonchev–Trinajstić information content (AvgIpc) is 4.22. The van der Waals surface area contributed by atoms with E-state index in [1.54, 1.807) is 0 Å². The molecule has 4 amide bonds. The van der Waals surface area contributed by atoms with Crippen molar-refractivity contribution < 1.29 is 33.4 Å². The van der Waals surface area contributed by atoms with Gasteiger partial charge in [0.05, 0.1) is 50.1 Å². The van der Waals surface area contributed by atoms with Crippen molar-refractivity contribution in [2.24, 2.45) is 28.6 Å². The van der Waals surface area contributed by atoms with Gasteiger partial charge in [-0.05, 0) is 145 Å². The summed E-state index contributed by atoms with van der Waals surface area (Å²) in [6.45, 7) is 9.95. The number of imidazole rings is 2. The molecule has 15 nitrogen and oxygen atoms in total. The maximum absolute atomic E-state index is 14.4. The Morgan fingerprint density at radius 2 is 1.17 bits per heavy atom. The number of rotatable bonds is 11. The van der Waals surface area contributed by atoms with Crippen LogP contribution in [0.4, 0.5) is 9.59 Å². The number of H-pyrrole nitrogens is 2. The number of aromatic amines is 2. The second-order valence-electron chi connectivity index (χ2n) is 22.9. The Bertz CT molecular complexity index is 2710. The monoisotopic (exact) mass is 969 g/mol.